The predicted octanol–water partition coefficient (Wildman–Crippen LogP) is 1.89. The topological polar surface area (TPSA) is 197 Å². The average Bonchev–Trinajstić information content (AvgIpc) is 3.35. The van der Waals surface area contributed by atoms with Crippen molar-refractivity contribution in [3.05, 3.63) is 34.9 Å². The number of primary amides is 1. The summed E-state index contributed by atoms with van der Waals surface area (Å²) in [7, 11) is 0. The van der Waals surface area contributed by atoms with E-state index in [1.165, 1.54) is 13.8 Å². The van der Waals surface area contributed by atoms with E-state index in [9.17, 15) is 24.0 Å². The highest BCUT2D eigenvalue weighted by atomic mass is 79.9. The number of anilines is 4. The number of carbonyl (C=O) groups is 5. The molecule has 1 aliphatic heterocycles. The van der Waals surface area contributed by atoms with Crippen LogP contribution >= 0.6 is 27.7 Å². The van der Waals surface area contributed by atoms with Gasteiger partial charge in [-0.15, -0.1) is 0 Å². The maximum absolute atomic E-state index is 12.3. The second kappa shape index (κ2) is 14.1. The van der Waals surface area contributed by atoms with Gasteiger partial charge in [-0.3, -0.25) is 24.0 Å². The fourth-order valence-electron chi connectivity index (χ4n) is 3.38. The van der Waals surface area contributed by atoms with Gasteiger partial charge in [0.2, 0.25) is 29.6 Å². The first kappa shape index (κ1) is 30.8. The van der Waals surface area contributed by atoms with Crippen molar-refractivity contribution in [1.82, 2.24) is 20.6 Å². The zero-order valence-corrected chi connectivity index (χ0v) is 24.4. The normalized spacial score (nSPS) is 14.8. The van der Waals surface area contributed by atoms with Gasteiger partial charge < -0.3 is 32.3 Å². The summed E-state index contributed by atoms with van der Waals surface area (Å²) in [4.78, 5) is 67.9. The molecule has 4 amide bonds. The van der Waals surface area contributed by atoms with Crippen LogP contribution in [0.2, 0.25) is 0 Å². The first-order valence-corrected chi connectivity index (χ1v) is 14.1. The molecule has 7 N–H and O–H groups in total. The number of amides is 4. The molecule has 1 aromatic carbocycles. The van der Waals surface area contributed by atoms with Crippen molar-refractivity contribution in [3.63, 3.8) is 0 Å². The summed E-state index contributed by atoms with van der Waals surface area (Å²) in [6.07, 6.45) is 3.00. The lowest BCUT2D eigenvalue weighted by Crippen LogP contribution is -2.46. The third-order valence-electron chi connectivity index (χ3n) is 5.86. The number of nitrogens with zero attached hydrogens (tertiary/aromatic N) is 2. The second-order valence-electron chi connectivity index (χ2n) is 9.40. The van der Waals surface area contributed by atoms with Crippen molar-refractivity contribution >= 4 is 79.6 Å². The Morgan fingerprint density at radius 3 is 2.60 bits per heavy atom. The number of benzene rings is 1. The summed E-state index contributed by atoms with van der Waals surface area (Å²) >= 11 is 4.41. The molecule has 15 heteroatoms. The Bertz CT molecular complexity index is 1290. The van der Waals surface area contributed by atoms with E-state index in [0.717, 1.165) is 11.8 Å². The first-order valence-electron chi connectivity index (χ1n) is 12.4. The molecule has 0 spiro atoms. The molecule has 2 heterocycles. The van der Waals surface area contributed by atoms with Gasteiger partial charge >= 0.3 is 0 Å². The fourth-order valence-corrected chi connectivity index (χ4v) is 4.69. The number of aromatic nitrogens is 2. The lowest BCUT2D eigenvalue weighted by molar-refractivity contribution is -0.139. The molecule has 214 valence electrons. The van der Waals surface area contributed by atoms with Gasteiger partial charge in [0.1, 0.15) is 11.2 Å². The van der Waals surface area contributed by atoms with Crippen molar-refractivity contribution in [3.8, 4) is 0 Å². The van der Waals surface area contributed by atoms with E-state index in [4.69, 9.17) is 5.73 Å². The van der Waals surface area contributed by atoms with E-state index in [1.807, 2.05) is 0 Å². The van der Waals surface area contributed by atoms with Gasteiger partial charge in [0, 0.05) is 37.1 Å². The number of halogens is 1. The minimum Gasteiger partial charge on any atom is -0.369 e. The Morgan fingerprint density at radius 1 is 1.15 bits per heavy atom. The van der Waals surface area contributed by atoms with Crippen molar-refractivity contribution in [1.29, 1.82) is 0 Å². The summed E-state index contributed by atoms with van der Waals surface area (Å²) in [6, 6.07) is 6.92. The third kappa shape index (κ3) is 8.91. The van der Waals surface area contributed by atoms with Gasteiger partial charge in [0.25, 0.3) is 0 Å². The van der Waals surface area contributed by atoms with Crippen molar-refractivity contribution in [2.75, 3.05) is 35.6 Å². The molecule has 1 atom stereocenters. The highest BCUT2D eigenvalue weighted by Gasteiger charge is 2.33. The molecule has 0 saturated carbocycles. The zero-order chi connectivity index (χ0) is 29.3. The van der Waals surface area contributed by atoms with Crippen LogP contribution in [0.5, 0.6) is 0 Å². The summed E-state index contributed by atoms with van der Waals surface area (Å²) < 4.78 is 0.639. The Labute approximate surface area is 243 Å². The Hall–Kier alpha value is -3.72. The largest absolute Gasteiger partial charge is 0.369 e. The Kier molecular flexibility index (Phi) is 10.8. The van der Waals surface area contributed by atoms with Crippen molar-refractivity contribution < 1.29 is 24.0 Å². The highest BCUT2D eigenvalue weighted by Crippen LogP contribution is 2.28. The van der Waals surface area contributed by atoms with Crippen LogP contribution in [0.4, 0.5) is 23.1 Å². The molecule has 0 bridgehead atoms. The average molecular weight is 636 g/mol. The van der Waals surface area contributed by atoms with Gasteiger partial charge in [-0.05, 0) is 60.8 Å². The molecule has 40 heavy (non-hydrogen) atoms. The van der Waals surface area contributed by atoms with Crippen molar-refractivity contribution in [2.45, 2.75) is 38.4 Å². The summed E-state index contributed by atoms with van der Waals surface area (Å²) in [6.45, 7) is 3.57. The molecule has 1 unspecified atom stereocenters. The predicted molar refractivity (Wildman–Crippen MR) is 156 cm³/mol. The third-order valence-corrected chi connectivity index (χ3v) is 7.64. The molecular weight excluding hydrogens is 604 g/mol. The van der Waals surface area contributed by atoms with Crippen molar-refractivity contribution in [2.24, 2.45) is 11.1 Å². The zero-order valence-electron chi connectivity index (χ0n) is 22.0. The Balaban J connectivity index is 1.47. The highest BCUT2D eigenvalue weighted by molar-refractivity contribution is 9.10. The number of carbonyl (C=O) groups excluding carboxylic acids is 5. The van der Waals surface area contributed by atoms with E-state index in [1.54, 1.807) is 30.5 Å². The van der Waals surface area contributed by atoms with Gasteiger partial charge in [-0.25, -0.2) is 4.98 Å². The van der Waals surface area contributed by atoms with Crippen LogP contribution in [0.1, 0.15) is 33.1 Å². The van der Waals surface area contributed by atoms with E-state index < -0.39 is 28.4 Å². The van der Waals surface area contributed by atoms with Crippen LogP contribution in [0.3, 0.4) is 0 Å². The smallest absolute Gasteiger partial charge is 0.243 e. The summed E-state index contributed by atoms with van der Waals surface area (Å²) in [5.74, 6) is -1.01. The molecule has 1 aromatic heterocycles. The quantitative estimate of drug-likeness (QED) is 0.140. The summed E-state index contributed by atoms with van der Waals surface area (Å²) in [5.41, 5.74) is 5.11. The fraction of sp³-hybridized carbons (Fsp3) is 0.400. The van der Waals surface area contributed by atoms with Crippen LogP contribution in [0.25, 0.3) is 0 Å². The van der Waals surface area contributed by atoms with E-state index in [2.05, 4.69) is 52.5 Å². The standard InChI is InChI=1S/C25H31BrN8O5S/c1-25(2,22(27)38)23(39)29-10-4-9-28-20-16(26)12-31-24(34-20)33-15-6-3-5-14(11-15)32-18(35)13-30-21(37)17-7-8-19(36)40-17/h3,5-6,11-12,17H,4,7-10,13H2,1-2H3,(H2,27,38)(H,29,39)(H,30,37)(H,32,35)(H2,28,31,33,34). The van der Waals surface area contributed by atoms with Crippen LogP contribution in [0.15, 0.2) is 34.9 Å². The molecule has 2 aromatic rings. The van der Waals surface area contributed by atoms with Crippen LogP contribution in [0, 0.1) is 5.41 Å². The monoisotopic (exact) mass is 634 g/mol. The second-order valence-corrected chi connectivity index (χ2v) is 11.5. The van der Waals surface area contributed by atoms with Gasteiger partial charge in [-0.1, -0.05) is 17.8 Å². The molecule has 1 fully saturated rings. The van der Waals surface area contributed by atoms with E-state index in [0.29, 0.717) is 60.0 Å². The van der Waals surface area contributed by atoms with E-state index in [-0.39, 0.29) is 17.6 Å². The number of nitrogens with two attached hydrogens (primary N) is 1. The summed E-state index contributed by atoms with van der Waals surface area (Å²) in [5, 5.41) is 13.8. The SMILES string of the molecule is CC(C)(C(N)=O)C(=O)NCCCNc1nc(Nc2cccc(NC(=O)CNC(=O)C3CCC(=O)S3)c2)ncc1Br. The number of rotatable bonds is 13. The van der Waals surface area contributed by atoms with Crippen LogP contribution in [-0.4, -0.2) is 63.6 Å². The van der Waals surface area contributed by atoms with Gasteiger partial charge in [0.15, 0.2) is 5.12 Å². The number of hydrogen-bond donors (Lipinski definition) is 6. The first-order chi connectivity index (χ1) is 19.0. The molecule has 1 saturated heterocycles. The number of nitrogens with one attached hydrogen (secondary N) is 5. The number of thioether (sulfide) groups is 1. The lowest BCUT2D eigenvalue weighted by atomic mass is 9.91. The molecule has 0 aliphatic carbocycles. The van der Waals surface area contributed by atoms with Gasteiger partial charge in [0.05, 0.1) is 16.3 Å². The molecule has 3 rings (SSSR count). The molecule has 13 nitrogen and oxygen atoms in total. The van der Waals surface area contributed by atoms with Crippen LogP contribution < -0.4 is 32.3 Å². The molecule has 1 aliphatic rings. The maximum atomic E-state index is 12.3. The molecular formula is C25H31BrN8O5S. The minimum atomic E-state index is -1.28. The molecule has 0 radical (unpaired) electrons. The Morgan fingerprint density at radius 2 is 1.90 bits per heavy atom. The maximum Gasteiger partial charge on any atom is 0.243 e. The van der Waals surface area contributed by atoms with Gasteiger partial charge in [-0.2, -0.15) is 4.98 Å². The van der Waals surface area contributed by atoms with Crippen LogP contribution in [-0.2, 0) is 24.0 Å². The lowest BCUT2D eigenvalue weighted by Gasteiger charge is -2.19. The minimum absolute atomic E-state index is 0.0144. The van der Waals surface area contributed by atoms with E-state index >= 15 is 0 Å². The number of hydrogen-bond acceptors (Lipinski definition) is 10.